The highest BCUT2D eigenvalue weighted by atomic mass is 16.5. The zero-order chi connectivity index (χ0) is 19.2. The molecule has 1 unspecified atom stereocenters. The number of hydrogen-bond acceptors (Lipinski definition) is 4. The Balaban J connectivity index is 1.80. The summed E-state index contributed by atoms with van der Waals surface area (Å²) in [5.74, 6) is -0.931. The molecule has 0 aliphatic carbocycles. The standard InChI is InChI=1S/C21H22N2O4/c1-27-21(26)17-11-9-16(10-12-17)19(24)22-18(15-7-3-2-4-8-15)20(25)23-13-5-6-14-23/h2-4,7-12,18H,5-6,13-14H2,1H3,(H,22,24). The van der Waals surface area contributed by atoms with E-state index >= 15 is 0 Å². The van der Waals surface area contributed by atoms with Crippen LogP contribution in [0, 0.1) is 0 Å². The average Bonchev–Trinajstić information content (AvgIpc) is 3.26. The predicted molar refractivity (Wildman–Crippen MR) is 100 cm³/mol. The number of nitrogens with one attached hydrogen (secondary N) is 1. The molecule has 0 bridgehead atoms. The van der Waals surface area contributed by atoms with Crippen molar-refractivity contribution in [3.63, 3.8) is 0 Å². The first kappa shape index (κ1) is 18.6. The first-order valence-electron chi connectivity index (χ1n) is 8.93. The minimum Gasteiger partial charge on any atom is -0.465 e. The van der Waals surface area contributed by atoms with Gasteiger partial charge in [0.2, 0.25) is 5.91 Å². The Hall–Kier alpha value is -3.15. The number of benzene rings is 2. The van der Waals surface area contributed by atoms with Gasteiger partial charge in [-0.3, -0.25) is 9.59 Å². The second-order valence-corrected chi connectivity index (χ2v) is 6.42. The fraction of sp³-hybridized carbons (Fsp3) is 0.286. The molecule has 1 heterocycles. The van der Waals surface area contributed by atoms with Crippen molar-refractivity contribution in [3.8, 4) is 0 Å². The van der Waals surface area contributed by atoms with Gasteiger partial charge in [-0.1, -0.05) is 30.3 Å². The molecule has 6 heteroatoms. The molecule has 2 amide bonds. The third-order valence-corrected chi connectivity index (χ3v) is 4.64. The summed E-state index contributed by atoms with van der Waals surface area (Å²) in [7, 11) is 1.30. The Labute approximate surface area is 158 Å². The lowest BCUT2D eigenvalue weighted by Crippen LogP contribution is -2.41. The summed E-state index contributed by atoms with van der Waals surface area (Å²) >= 11 is 0. The molecule has 27 heavy (non-hydrogen) atoms. The van der Waals surface area contributed by atoms with E-state index in [1.807, 2.05) is 30.3 Å². The van der Waals surface area contributed by atoms with Crippen molar-refractivity contribution in [1.29, 1.82) is 0 Å². The molecule has 1 aliphatic heterocycles. The number of amides is 2. The number of carbonyl (C=O) groups excluding carboxylic acids is 3. The van der Waals surface area contributed by atoms with Crippen LogP contribution in [0.4, 0.5) is 0 Å². The fourth-order valence-corrected chi connectivity index (χ4v) is 3.14. The molecule has 1 saturated heterocycles. The summed E-state index contributed by atoms with van der Waals surface area (Å²) in [6.45, 7) is 1.43. The van der Waals surface area contributed by atoms with E-state index in [4.69, 9.17) is 0 Å². The average molecular weight is 366 g/mol. The number of hydrogen-bond donors (Lipinski definition) is 1. The number of esters is 1. The van der Waals surface area contributed by atoms with Crippen molar-refractivity contribution in [2.75, 3.05) is 20.2 Å². The smallest absolute Gasteiger partial charge is 0.337 e. The third kappa shape index (κ3) is 4.34. The summed E-state index contributed by atoms with van der Waals surface area (Å²) < 4.78 is 4.66. The lowest BCUT2D eigenvalue weighted by Gasteiger charge is -2.24. The van der Waals surface area contributed by atoms with Crippen LogP contribution < -0.4 is 5.32 Å². The van der Waals surface area contributed by atoms with Crippen LogP contribution in [0.2, 0.25) is 0 Å². The van der Waals surface area contributed by atoms with E-state index in [9.17, 15) is 14.4 Å². The largest absolute Gasteiger partial charge is 0.465 e. The van der Waals surface area contributed by atoms with Gasteiger partial charge in [-0.2, -0.15) is 0 Å². The van der Waals surface area contributed by atoms with E-state index in [0.29, 0.717) is 24.2 Å². The van der Waals surface area contributed by atoms with Gasteiger partial charge in [0.15, 0.2) is 0 Å². The topological polar surface area (TPSA) is 75.7 Å². The quantitative estimate of drug-likeness (QED) is 0.825. The van der Waals surface area contributed by atoms with Crippen molar-refractivity contribution in [2.45, 2.75) is 18.9 Å². The van der Waals surface area contributed by atoms with E-state index in [-0.39, 0.29) is 11.8 Å². The Bertz CT molecular complexity index is 812. The second kappa shape index (κ2) is 8.49. The SMILES string of the molecule is COC(=O)c1ccc(C(=O)NC(C(=O)N2CCCC2)c2ccccc2)cc1. The van der Waals surface area contributed by atoms with Crippen LogP contribution in [0.1, 0.15) is 45.2 Å². The molecule has 2 aromatic carbocycles. The van der Waals surface area contributed by atoms with Gasteiger partial charge >= 0.3 is 5.97 Å². The number of rotatable bonds is 5. The Morgan fingerprint density at radius 1 is 0.926 bits per heavy atom. The summed E-state index contributed by atoms with van der Waals surface area (Å²) in [5.41, 5.74) is 1.48. The lowest BCUT2D eigenvalue weighted by atomic mass is 10.0. The zero-order valence-electron chi connectivity index (χ0n) is 15.2. The van der Waals surface area contributed by atoms with E-state index in [2.05, 4.69) is 10.1 Å². The van der Waals surface area contributed by atoms with E-state index < -0.39 is 12.0 Å². The van der Waals surface area contributed by atoms with Crippen molar-refractivity contribution >= 4 is 17.8 Å². The predicted octanol–water partition coefficient (Wildman–Crippen LogP) is 2.57. The number of likely N-dealkylation sites (tertiary alicyclic amines) is 1. The minimum absolute atomic E-state index is 0.0989. The highest BCUT2D eigenvalue weighted by molar-refractivity contribution is 5.99. The van der Waals surface area contributed by atoms with E-state index in [1.165, 1.54) is 19.2 Å². The molecule has 1 atom stereocenters. The maximum absolute atomic E-state index is 12.9. The maximum atomic E-state index is 12.9. The van der Waals surface area contributed by atoms with Crippen molar-refractivity contribution in [1.82, 2.24) is 10.2 Å². The van der Waals surface area contributed by atoms with Crippen molar-refractivity contribution in [3.05, 3.63) is 71.3 Å². The number of carbonyl (C=O) groups is 3. The molecule has 1 N–H and O–H groups in total. The molecular formula is C21H22N2O4. The Kier molecular flexibility index (Phi) is 5.86. The molecule has 0 saturated carbocycles. The van der Waals surface area contributed by atoms with Crippen LogP contribution >= 0.6 is 0 Å². The van der Waals surface area contributed by atoms with Crippen LogP contribution in [0.15, 0.2) is 54.6 Å². The normalized spacial score (nSPS) is 14.5. The Morgan fingerprint density at radius 3 is 2.11 bits per heavy atom. The summed E-state index contributed by atoms with van der Waals surface area (Å²) in [6.07, 6.45) is 1.96. The third-order valence-electron chi connectivity index (χ3n) is 4.64. The first-order chi connectivity index (χ1) is 13.1. The highest BCUT2D eigenvalue weighted by Crippen LogP contribution is 2.20. The molecular weight excluding hydrogens is 344 g/mol. The molecule has 2 aromatic rings. The second-order valence-electron chi connectivity index (χ2n) is 6.42. The van der Waals surface area contributed by atoms with Crippen molar-refractivity contribution in [2.24, 2.45) is 0 Å². The number of nitrogens with zero attached hydrogens (tertiary/aromatic N) is 1. The molecule has 0 radical (unpaired) electrons. The lowest BCUT2D eigenvalue weighted by molar-refractivity contribution is -0.132. The van der Waals surface area contributed by atoms with Gasteiger partial charge in [0.1, 0.15) is 6.04 Å². The number of ether oxygens (including phenoxy) is 1. The maximum Gasteiger partial charge on any atom is 0.337 e. The van der Waals surface area contributed by atoms with Crippen LogP contribution in [0.3, 0.4) is 0 Å². The summed E-state index contributed by atoms with van der Waals surface area (Å²) in [5, 5.41) is 2.84. The van der Waals surface area contributed by atoms with Crippen LogP contribution in [-0.2, 0) is 9.53 Å². The van der Waals surface area contributed by atoms with Gasteiger partial charge in [0.25, 0.3) is 5.91 Å². The zero-order valence-corrected chi connectivity index (χ0v) is 15.2. The monoisotopic (exact) mass is 366 g/mol. The van der Waals surface area contributed by atoms with Gasteiger partial charge in [-0.25, -0.2) is 4.79 Å². The fourth-order valence-electron chi connectivity index (χ4n) is 3.14. The van der Waals surface area contributed by atoms with Crippen LogP contribution in [-0.4, -0.2) is 42.9 Å². The first-order valence-corrected chi connectivity index (χ1v) is 8.93. The molecule has 0 aromatic heterocycles. The number of methoxy groups -OCH3 is 1. The molecule has 140 valence electrons. The molecule has 6 nitrogen and oxygen atoms in total. The molecule has 1 fully saturated rings. The van der Waals surface area contributed by atoms with Crippen LogP contribution in [0.25, 0.3) is 0 Å². The van der Waals surface area contributed by atoms with Gasteiger partial charge in [0, 0.05) is 18.7 Å². The Morgan fingerprint density at radius 2 is 1.52 bits per heavy atom. The van der Waals surface area contributed by atoms with Crippen LogP contribution in [0.5, 0.6) is 0 Å². The molecule has 0 spiro atoms. The molecule has 3 rings (SSSR count). The van der Waals surface area contributed by atoms with Crippen molar-refractivity contribution < 1.29 is 19.1 Å². The summed E-state index contributed by atoms with van der Waals surface area (Å²) in [4.78, 5) is 39.0. The summed E-state index contributed by atoms with van der Waals surface area (Å²) in [6, 6.07) is 14.6. The van der Waals surface area contributed by atoms with Gasteiger partial charge in [-0.15, -0.1) is 0 Å². The van der Waals surface area contributed by atoms with E-state index in [0.717, 1.165) is 18.4 Å². The van der Waals surface area contributed by atoms with Gasteiger partial charge < -0.3 is 15.0 Å². The molecule has 1 aliphatic rings. The van der Waals surface area contributed by atoms with Gasteiger partial charge in [0.05, 0.1) is 12.7 Å². The van der Waals surface area contributed by atoms with E-state index in [1.54, 1.807) is 17.0 Å². The highest BCUT2D eigenvalue weighted by Gasteiger charge is 2.29. The minimum atomic E-state index is -0.739. The van der Waals surface area contributed by atoms with Gasteiger partial charge in [-0.05, 0) is 42.7 Å².